The number of urea groups is 1. The summed E-state index contributed by atoms with van der Waals surface area (Å²) in [6.07, 6.45) is 16.4. The lowest BCUT2D eigenvalue weighted by Crippen LogP contribution is -2.36. The van der Waals surface area contributed by atoms with Gasteiger partial charge in [-0.05, 0) is 19.3 Å². The smallest absolute Gasteiger partial charge is 0.315 e. The Balaban J connectivity index is 1.34. The molecular formula is C22H40N2O3S. The van der Waals surface area contributed by atoms with Crippen molar-refractivity contribution in [3.8, 4) is 0 Å². The van der Waals surface area contributed by atoms with Gasteiger partial charge in [0, 0.05) is 17.4 Å². The molecule has 2 saturated heterocycles. The number of thioether (sulfide) groups is 1. The third-order valence-corrected chi connectivity index (χ3v) is 7.33. The van der Waals surface area contributed by atoms with Crippen LogP contribution in [0.5, 0.6) is 0 Å². The minimum atomic E-state index is -0.0521. The molecule has 2 aliphatic heterocycles. The fourth-order valence-corrected chi connectivity index (χ4v) is 5.65. The molecule has 0 aromatic rings. The predicted molar refractivity (Wildman–Crippen MR) is 117 cm³/mol. The maximum atomic E-state index is 11.8. The molecular weight excluding hydrogens is 372 g/mol. The van der Waals surface area contributed by atoms with Crippen molar-refractivity contribution < 1.29 is 14.3 Å². The van der Waals surface area contributed by atoms with Crippen molar-refractivity contribution in [2.75, 3.05) is 12.4 Å². The standard InChI is InChI=1S/C22H40N2O3S/c1-2-3-4-5-6-7-8-9-10-13-16-27-20(25)15-12-11-14-19-21-18(17-28-19)23-22(26)24-21/h18-19,21H,2-17H2,1H3,(H2,23,24,26)/t18-,19-,21-/m0/s1. The molecule has 0 aliphatic carbocycles. The van der Waals surface area contributed by atoms with Gasteiger partial charge in [0.1, 0.15) is 0 Å². The molecule has 3 atom stereocenters. The van der Waals surface area contributed by atoms with Crippen LogP contribution in [-0.4, -0.2) is 41.7 Å². The van der Waals surface area contributed by atoms with Crippen LogP contribution in [0.15, 0.2) is 0 Å². The Bertz CT molecular complexity index is 461. The first-order valence-electron chi connectivity index (χ1n) is 11.5. The fourth-order valence-electron chi connectivity index (χ4n) is 4.11. The highest BCUT2D eigenvalue weighted by molar-refractivity contribution is 8.00. The molecule has 2 heterocycles. The zero-order chi connectivity index (χ0) is 20.0. The number of esters is 1. The van der Waals surface area contributed by atoms with E-state index in [0.717, 1.165) is 31.4 Å². The van der Waals surface area contributed by atoms with Gasteiger partial charge in [0.05, 0.1) is 18.7 Å². The van der Waals surface area contributed by atoms with E-state index in [4.69, 9.17) is 4.74 Å². The number of hydrogen-bond acceptors (Lipinski definition) is 4. The first-order valence-corrected chi connectivity index (χ1v) is 12.6. The average molecular weight is 413 g/mol. The number of fused-ring (bicyclic) bond motifs is 1. The number of ether oxygens (including phenoxy) is 1. The van der Waals surface area contributed by atoms with E-state index in [-0.39, 0.29) is 24.1 Å². The average Bonchev–Trinajstić information content (AvgIpc) is 3.22. The molecule has 0 aromatic heterocycles. The summed E-state index contributed by atoms with van der Waals surface area (Å²) in [6, 6.07) is 0.519. The largest absolute Gasteiger partial charge is 0.466 e. The van der Waals surface area contributed by atoms with Gasteiger partial charge in [0.2, 0.25) is 0 Å². The second-order valence-corrected chi connectivity index (χ2v) is 9.54. The number of carbonyl (C=O) groups excluding carboxylic acids is 2. The molecule has 0 radical (unpaired) electrons. The van der Waals surface area contributed by atoms with Crippen LogP contribution in [0.2, 0.25) is 0 Å². The Morgan fingerprint density at radius 1 is 0.964 bits per heavy atom. The summed E-state index contributed by atoms with van der Waals surface area (Å²) in [5.74, 6) is 0.943. The minimum absolute atomic E-state index is 0.0316. The number of hydrogen-bond donors (Lipinski definition) is 2. The number of amides is 2. The van der Waals surface area contributed by atoms with E-state index >= 15 is 0 Å². The second-order valence-electron chi connectivity index (χ2n) is 8.27. The van der Waals surface area contributed by atoms with E-state index in [9.17, 15) is 9.59 Å². The third kappa shape index (κ3) is 9.06. The molecule has 2 fully saturated rings. The summed E-state index contributed by atoms with van der Waals surface area (Å²) in [6.45, 7) is 2.83. The molecule has 162 valence electrons. The highest BCUT2D eigenvalue weighted by Gasteiger charge is 2.42. The summed E-state index contributed by atoms with van der Waals surface area (Å²) in [4.78, 5) is 23.2. The molecule has 0 unspecified atom stereocenters. The van der Waals surface area contributed by atoms with Crippen LogP contribution >= 0.6 is 11.8 Å². The molecule has 2 aliphatic rings. The van der Waals surface area contributed by atoms with Gasteiger partial charge in [-0.2, -0.15) is 11.8 Å². The van der Waals surface area contributed by atoms with Crippen LogP contribution in [0, 0.1) is 0 Å². The molecule has 2 rings (SSSR count). The SMILES string of the molecule is CCCCCCCCCCCCOC(=O)CCCC[C@@H]1SC[C@@H]2NC(=O)N[C@@H]21. The second kappa shape index (κ2) is 14.1. The van der Waals surface area contributed by atoms with Gasteiger partial charge in [0.25, 0.3) is 0 Å². The Labute approximate surface area is 175 Å². The van der Waals surface area contributed by atoms with Crippen LogP contribution in [0.4, 0.5) is 4.79 Å². The first-order chi connectivity index (χ1) is 13.7. The number of unbranched alkanes of at least 4 members (excludes halogenated alkanes) is 10. The number of rotatable bonds is 16. The fraction of sp³-hybridized carbons (Fsp3) is 0.909. The van der Waals surface area contributed by atoms with Crippen LogP contribution < -0.4 is 10.6 Å². The van der Waals surface area contributed by atoms with Crippen molar-refractivity contribution in [3.63, 3.8) is 0 Å². The summed E-state index contributed by atoms with van der Waals surface area (Å²) >= 11 is 1.93. The molecule has 0 bridgehead atoms. The molecule has 6 heteroatoms. The summed E-state index contributed by atoms with van der Waals surface area (Å²) in [7, 11) is 0. The molecule has 2 N–H and O–H groups in total. The van der Waals surface area contributed by atoms with Crippen molar-refractivity contribution in [3.05, 3.63) is 0 Å². The molecule has 0 spiro atoms. The van der Waals surface area contributed by atoms with E-state index in [1.54, 1.807) is 0 Å². The van der Waals surface area contributed by atoms with E-state index in [1.807, 2.05) is 11.8 Å². The highest BCUT2D eigenvalue weighted by atomic mass is 32.2. The van der Waals surface area contributed by atoms with Crippen molar-refractivity contribution in [2.24, 2.45) is 0 Å². The number of carbonyl (C=O) groups is 2. The summed E-state index contributed by atoms with van der Waals surface area (Å²) in [5.41, 5.74) is 0. The van der Waals surface area contributed by atoms with Crippen LogP contribution in [0.3, 0.4) is 0 Å². The lowest BCUT2D eigenvalue weighted by Gasteiger charge is -2.16. The van der Waals surface area contributed by atoms with Gasteiger partial charge in [-0.3, -0.25) is 4.79 Å². The van der Waals surface area contributed by atoms with Gasteiger partial charge >= 0.3 is 12.0 Å². The monoisotopic (exact) mass is 412 g/mol. The zero-order valence-corrected chi connectivity index (χ0v) is 18.5. The summed E-state index contributed by atoms with van der Waals surface area (Å²) < 4.78 is 5.36. The molecule has 28 heavy (non-hydrogen) atoms. The molecule has 0 aromatic carbocycles. The quantitative estimate of drug-likeness (QED) is 0.208. The maximum Gasteiger partial charge on any atom is 0.315 e. The van der Waals surface area contributed by atoms with Gasteiger partial charge in [-0.1, -0.05) is 71.1 Å². The Morgan fingerprint density at radius 2 is 1.64 bits per heavy atom. The molecule has 5 nitrogen and oxygen atoms in total. The van der Waals surface area contributed by atoms with E-state index in [0.29, 0.717) is 18.3 Å². The molecule has 0 saturated carbocycles. The Hall–Kier alpha value is -0.910. The first kappa shape index (κ1) is 23.4. The van der Waals surface area contributed by atoms with E-state index in [2.05, 4.69) is 17.6 Å². The Morgan fingerprint density at radius 3 is 2.36 bits per heavy atom. The highest BCUT2D eigenvalue weighted by Crippen LogP contribution is 2.33. The van der Waals surface area contributed by atoms with Gasteiger partial charge in [0.15, 0.2) is 0 Å². The predicted octanol–water partition coefficient (Wildman–Crippen LogP) is 5.18. The van der Waals surface area contributed by atoms with E-state index in [1.165, 1.54) is 57.8 Å². The van der Waals surface area contributed by atoms with Crippen LogP contribution in [0.1, 0.15) is 96.8 Å². The minimum Gasteiger partial charge on any atom is -0.466 e. The zero-order valence-electron chi connectivity index (χ0n) is 17.7. The topological polar surface area (TPSA) is 67.4 Å². The lowest BCUT2D eigenvalue weighted by molar-refractivity contribution is -0.143. The van der Waals surface area contributed by atoms with Crippen LogP contribution in [0.25, 0.3) is 0 Å². The van der Waals surface area contributed by atoms with Gasteiger partial charge in [-0.25, -0.2) is 4.79 Å². The number of nitrogens with one attached hydrogen (secondary N) is 2. The van der Waals surface area contributed by atoms with Crippen molar-refractivity contribution in [2.45, 2.75) is 114 Å². The summed E-state index contributed by atoms with van der Waals surface area (Å²) in [5, 5.41) is 6.46. The van der Waals surface area contributed by atoms with Crippen molar-refractivity contribution in [1.82, 2.24) is 10.6 Å². The molecule has 2 amide bonds. The van der Waals surface area contributed by atoms with Crippen molar-refractivity contribution in [1.29, 1.82) is 0 Å². The Kier molecular flexibility index (Phi) is 11.8. The van der Waals surface area contributed by atoms with Crippen LogP contribution in [-0.2, 0) is 9.53 Å². The third-order valence-electron chi connectivity index (χ3n) is 5.82. The van der Waals surface area contributed by atoms with Crippen molar-refractivity contribution >= 4 is 23.8 Å². The normalized spacial score (nSPS) is 23.3. The maximum absolute atomic E-state index is 11.8. The van der Waals surface area contributed by atoms with Gasteiger partial charge in [-0.15, -0.1) is 0 Å². The van der Waals surface area contributed by atoms with Gasteiger partial charge < -0.3 is 15.4 Å². The van der Waals surface area contributed by atoms with E-state index < -0.39 is 0 Å². The lowest BCUT2D eigenvalue weighted by atomic mass is 10.0.